The van der Waals surface area contributed by atoms with Crippen molar-refractivity contribution < 1.29 is 23.8 Å². The number of hydrogen-bond donors (Lipinski definition) is 1. The molecule has 1 heterocycles. The van der Waals surface area contributed by atoms with E-state index >= 15 is 0 Å². The number of phenolic OH excluding ortho intramolecular Hbond substituents is 1. The van der Waals surface area contributed by atoms with E-state index in [9.17, 15) is 14.3 Å². The van der Waals surface area contributed by atoms with Gasteiger partial charge < -0.3 is 19.5 Å². The third-order valence-corrected chi connectivity index (χ3v) is 6.61. The van der Waals surface area contributed by atoms with Gasteiger partial charge in [0.2, 0.25) is 0 Å². The van der Waals surface area contributed by atoms with Crippen LogP contribution in [-0.4, -0.2) is 41.7 Å². The van der Waals surface area contributed by atoms with Crippen LogP contribution in [0.25, 0.3) is 11.1 Å². The van der Waals surface area contributed by atoms with Gasteiger partial charge in [-0.05, 0) is 75.3 Å². The highest BCUT2D eigenvalue weighted by molar-refractivity contribution is 5.79. The van der Waals surface area contributed by atoms with Crippen LogP contribution in [0.3, 0.4) is 0 Å². The largest absolute Gasteiger partial charge is 0.507 e. The van der Waals surface area contributed by atoms with Crippen molar-refractivity contribution in [3.63, 3.8) is 0 Å². The Morgan fingerprint density at radius 2 is 1.69 bits per heavy atom. The lowest BCUT2D eigenvalue weighted by atomic mass is 9.90. The molecule has 1 N–H and O–H groups in total. The number of piperidine rings is 1. The van der Waals surface area contributed by atoms with Crippen molar-refractivity contribution in [2.45, 2.75) is 45.6 Å². The number of amides is 1. The number of likely N-dealkylation sites (tertiary alicyclic amines) is 1. The molecule has 190 valence electrons. The highest BCUT2D eigenvalue weighted by Gasteiger charge is 2.24. The third-order valence-electron chi connectivity index (χ3n) is 6.61. The summed E-state index contributed by atoms with van der Waals surface area (Å²) >= 11 is 0. The first-order chi connectivity index (χ1) is 17.4. The average Bonchev–Trinajstić information content (AvgIpc) is 2.87. The van der Waals surface area contributed by atoms with Gasteiger partial charge in [0.05, 0.1) is 6.10 Å². The second-order valence-corrected chi connectivity index (χ2v) is 9.58. The minimum atomic E-state index is -0.513. The standard InChI is InChI=1S/C30H34FNO4/c1-21(2)36-28-9-5-3-7-23(28)12-11-22-15-17-32(18-16-22)30(34)20-35-29-10-6-4-8-26(29)25-14-13-24(31)19-27(25)33/h3-10,13-14,19,21-22,33H,11-12,15-18,20H2,1-2H3. The van der Waals surface area contributed by atoms with Crippen molar-refractivity contribution in [3.8, 4) is 28.4 Å². The quantitative estimate of drug-likeness (QED) is 0.385. The van der Waals surface area contributed by atoms with Crippen LogP contribution in [0.4, 0.5) is 4.39 Å². The molecule has 1 fully saturated rings. The molecule has 4 rings (SSSR count). The molecule has 1 saturated heterocycles. The van der Waals surface area contributed by atoms with Gasteiger partial charge in [0.25, 0.3) is 5.91 Å². The predicted octanol–water partition coefficient (Wildman–Crippen LogP) is 6.24. The lowest BCUT2D eigenvalue weighted by Crippen LogP contribution is -2.41. The molecule has 3 aromatic carbocycles. The number of aromatic hydroxyl groups is 1. The van der Waals surface area contributed by atoms with Gasteiger partial charge in [-0.2, -0.15) is 0 Å². The van der Waals surface area contributed by atoms with E-state index in [1.54, 1.807) is 18.2 Å². The number of rotatable bonds is 9. The summed E-state index contributed by atoms with van der Waals surface area (Å²) in [6, 6.07) is 19.2. The van der Waals surface area contributed by atoms with E-state index in [-0.39, 0.29) is 24.4 Å². The zero-order valence-electron chi connectivity index (χ0n) is 21.0. The Morgan fingerprint density at radius 3 is 2.42 bits per heavy atom. The second-order valence-electron chi connectivity index (χ2n) is 9.58. The lowest BCUT2D eigenvalue weighted by molar-refractivity contribution is -0.134. The molecule has 1 amide bonds. The number of phenols is 1. The lowest BCUT2D eigenvalue weighted by Gasteiger charge is -2.32. The SMILES string of the molecule is CC(C)Oc1ccccc1CCC1CCN(C(=O)COc2ccccc2-c2ccc(F)cc2O)CC1. The third kappa shape index (κ3) is 6.56. The number of carbonyl (C=O) groups excluding carboxylic acids is 1. The number of aryl methyl sites for hydroxylation is 1. The van der Waals surface area contributed by atoms with Crippen LogP contribution < -0.4 is 9.47 Å². The minimum absolute atomic E-state index is 0.0535. The Labute approximate surface area is 212 Å². The molecule has 0 atom stereocenters. The Morgan fingerprint density at radius 1 is 1.00 bits per heavy atom. The normalized spacial score (nSPS) is 14.2. The van der Waals surface area contributed by atoms with Gasteiger partial charge in [0, 0.05) is 30.3 Å². The Bertz CT molecular complexity index is 1170. The number of hydrogen-bond acceptors (Lipinski definition) is 4. The van der Waals surface area contributed by atoms with E-state index in [0.717, 1.165) is 50.6 Å². The fourth-order valence-corrected chi connectivity index (χ4v) is 4.69. The molecule has 0 aliphatic carbocycles. The minimum Gasteiger partial charge on any atom is -0.507 e. The summed E-state index contributed by atoms with van der Waals surface area (Å²) in [5, 5.41) is 10.2. The van der Waals surface area contributed by atoms with Crippen molar-refractivity contribution >= 4 is 5.91 Å². The van der Waals surface area contributed by atoms with Gasteiger partial charge in [-0.25, -0.2) is 4.39 Å². The molecule has 5 nitrogen and oxygen atoms in total. The maximum Gasteiger partial charge on any atom is 0.260 e. The van der Waals surface area contributed by atoms with Crippen molar-refractivity contribution in [1.29, 1.82) is 0 Å². The van der Waals surface area contributed by atoms with E-state index in [1.165, 1.54) is 17.7 Å². The fourth-order valence-electron chi connectivity index (χ4n) is 4.69. The van der Waals surface area contributed by atoms with Gasteiger partial charge in [-0.3, -0.25) is 4.79 Å². The second kappa shape index (κ2) is 11.9. The zero-order valence-corrected chi connectivity index (χ0v) is 21.0. The van der Waals surface area contributed by atoms with Crippen LogP contribution in [-0.2, 0) is 11.2 Å². The molecule has 6 heteroatoms. The Hall–Kier alpha value is -3.54. The maximum atomic E-state index is 13.4. The van der Waals surface area contributed by atoms with E-state index < -0.39 is 5.82 Å². The van der Waals surface area contributed by atoms with E-state index in [0.29, 0.717) is 22.8 Å². The summed E-state index contributed by atoms with van der Waals surface area (Å²) in [4.78, 5) is 14.7. The molecule has 1 aliphatic heterocycles. The van der Waals surface area contributed by atoms with Crippen LogP contribution in [0.2, 0.25) is 0 Å². The van der Waals surface area contributed by atoms with Crippen molar-refractivity contribution in [1.82, 2.24) is 4.90 Å². The molecule has 0 radical (unpaired) electrons. The molecule has 0 saturated carbocycles. The van der Waals surface area contributed by atoms with Gasteiger partial charge in [0.1, 0.15) is 23.1 Å². The first-order valence-electron chi connectivity index (χ1n) is 12.6. The molecular formula is C30H34FNO4. The van der Waals surface area contributed by atoms with Crippen LogP contribution >= 0.6 is 0 Å². The van der Waals surface area contributed by atoms with Crippen molar-refractivity contribution in [3.05, 3.63) is 78.1 Å². The van der Waals surface area contributed by atoms with Crippen molar-refractivity contribution in [2.75, 3.05) is 19.7 Å². The highest BCUT2D eigenvalue weighted by Crippen LogP contribution is 2.36. The van der Waals surface area contributed by atoms with Crippen molar-refractivity contribution in [2.24, 2.45) is 5.92 Å². The molecule has 0 unspecified atom stereocenters. The van der Waals surface area contributed by atoms with E-state index in [2.05, 4.69) is 12.1 Å². The smallest absolute Gasteiger partial charge is 0.260 e. The van der Waals surface area contributed by atoms with E-state index in [4.69, 9.17) is 9.47 Å². The molecule has 0 spiro atoms. The maximum absolute atomic E-state index is 13.4. The number of halogens is 1. The van der Waals surface area contributed by atoms with Crippen LogP contribution in [0, 0.1) is 11.7 Å². The fraction of sp³-hybridized carbons (Fsp3) is 0.367. The number of carbonyl (C=O) groups is 1. The van der Waals surface area contributed by atoms with Crippen LogP contribution in [0.1, 0.15) is 38.7 Å². The van der Waals surface area contributed by atoms with Gasteiger partial charge in [0.15, 0.2) is 6.61 Å². The predicted molar refractivity (Wildman–Crippen MR) is 139 cm³/mol. The molecule has 0 aromatic heterocycles. The van der Waals surface area contributed by atoms with Gasteiger partial charge in [-0.15, -0.1) is 0 Å². The summed E-state index contributed by atoms with van der Waals surface area (Å²) in [6.45, 7) is 5.44. The average molecular weight is 492 g/mol. The number of para-hydroxylation sites is 2. The highest BCUT2D eigenvalue weighted by atomic mass is 19.1. The molecule has 0 bridgehead atoms. The molecule has 36 heavy (non-hydrogen) atoms. The monoisotopic (exact) mass is 491 g/mol. The summed E-state index contributed by atoms with van der Waals surface area (Å²) in [6.07, 6.45) is 4.14. The summed E-state index contributed by atoms with van der Waals surface area (Å²) in [7, 11) is 0. The summed E-state index contributed by atoms with van der Waals surface area (Å²) in [5.74, 6) is 1.28. The van der Waals surface area contributed by atoms with Gasteiger partial charge >= 0.3 is 0 Å². The van der Waals surface area contributed by atoms with Crippen LogP contribution in [0.15, 0.2) is 66.7 Å². The Balaban J connectivity index is 1.28. The molecule has 3 aromatic rings. The molecule has 1 aliphatic rings. The summed E-state index contributed by atoms with van der Waals surface area (Å²) in [5.41, 5.74) is 2.31. The number of nitrogens with zero attached hydrogens (tertiary/aromatic N) is 1. The first-order valence-corrected chi connectivity index (χ1v) is 12.6. The van der Waals surface area contributed by atoms with Crippen LogP contribution in [0.5, 0.6) is 17.2 Å². The number of benzene rings is 3. The number of ether oxygens (including phenoxy) is 2. The zero-order chi connectivity index (χ0) is 25.5. The molecular weight excluding hydrogens is 457 g/mol. The first kappa shape index (κ1) is 25.5. The van der Waals surface area contributed by atoms with E-state index in [1.807, 2.05) is 36.9 Å². The summed E-state index contributed by atoms with van der Waals surface area (Å²) < 4.78 is 25.2. The topological polar surface area (TPSA) is 59.0 Å². The van der Waals surface area contributed by atoms with Gasteiger partial charge in [-0.1, -0.05) is 36.4 Å². The Kier molecular flexibility index (Phi) is 8.47.